The maximum atomic E-state index is 12.5. The van der Waals surface area contributed by atoms with Crippen LogP contribution >= 0.6 is 0 Å². The average Bonchev–Trinajstić information content (AvgIpc) is 2.30. The number of carbonyl (C=O) groups is 1. The summed E-state index contributed by atoms with van der Waals surface area (Å²) in [5, 5.41) is 12.6. The summed E-state index contributed by atoms with van der Waals surface area (Å²) >= 11 is 0. The average molecular weight is 288 g/mol. The van der Waals surface area contributed by atoms with Crippen molar-refractivity contribution >= 4 is 5.91 Å². The molecule has 3 nitrogen and oxygen atoms in total. The molecule has 21 heavy (non-hydrogen) atoms. The lowest BCUT2D eigenvalue weighted by Crippen LogP contribution is -2.65. The van der Waals surface area contributed by atoms with Gasteiger partial charge in [-0.1, -0.05) is 27.2 Å². The van der Waals surface area contributed by atoms with Crippen LogP contribution in [0.2, 0.25) is 0 Å². The van der Waals surface area contributed by atoms with Gasteiger partial charge >= 0.3 is 0 Å². The second-order valence-corrected chi connectivity index (χ2v) is 8.87. The number of nitrogens with one attached hydrogen (secondary N) is 1. The predicted molar refractivity (Wildman–Crippen MR) is 82.3 cm³/mol. The Morgan fingerprint density at radius 3 is 2.33 bits per heavy atom. The molecule has 4 fully saturated rings. The van der Waals surface area contributed by atoms with Gasteiger partial charge in [0.15, 0.2) is 0 Å². The van der Waals surface area contributed by atoms with Gasteiger partial charge in [0, 0.05) is 5.54 Å². The van der Waals surface area contributed by atoms with E-state index in [1.807, 2.05) is 6.92 Å². The second-order valence-electron chi connectivity index (χ2n) is 8.87. The summed E-state index contributed by atoms with van der Waals surface area (Å²) < 4.78 is 0. The van der Waals surface area contributed by atoms with Crippen LogP contribution in [0, 0.1) is 34.0 Å². The van der Waals surface area contributed by atoms with E-state index in [0.717, 1.165) is 31.6 Å². The van der Waals surface area contributed by atoms with Crippen LogP contribution in [0.15, 0.2) is 0 Å². The highest BCUT2D eigenvalue weighted by atomic mass is 16.2. The molecule has 0 heterocycles. The molecule has 0 spiro atoms. The van der Waals surface area contributed by atoms with E-state index in [1.165, 1.54) is 19.3 Å². The molecule has 4 aliphatic rings. The molecule has 1 N–H and O–H groups in total. The summed E-state index contributed by atoms with van der Waals surface area (Å²) in [5.74, 6) is 0.278. The fraction of sp³-hybridized carbons (Fsp3) is 0.889. The maximum absolute atomic E-state index is 12.5. The van der Waals surface area contributed by atoms with E-state index in [-0.39, 0.29) is 11.4 Å². The van der Waals surface area contributed by atoms with Crippen molar-refractivity contribution in [2.24, 2.45) is 22.7 Å². The summed E-state index contributed by atoms with van der Waals surface area (Å²) in [4.78, 5) is 12.5. The van der Waals surface area contributed by atoms with E-state index in [9.17, 15) is 10.1 Å². The molecule has 0 aromatic carbocycles. The van der Waals surface area contributed by atoms with Gasteiger partial charge in [0.1, 0.15) is 5.92 Å². The summed E-state index contributed by atoms with van der Waals surface area (Å²) in [6.07, 6.45) is 8.89. The smallest absolute Gasteiger partial charge is 0.237 e. The molecule has 0 aliphatic heterocycles. The van der Waals surface area contributed by atoms with Gasteiger partial charge in [0.2, 0.25) is 5.91 Å². The van der Waals surface area contributed by atoms with E-state index in [1.54, 1.807) is 0 Å². The third-order valence-electron chi connectivity index (χ3n) is 6.06. The highest BCUT2D eigenvalue weighted by Crippen LogP contribution is 2.66. The normalized spacial score (nSPS) is 45.1. The van der Waals surface area contributed by atoms with E-state index < -0.39 is 5.92 Å². The first-order valence-electron chi connectivity index (χ1n) is 8.53. The number of nitrogens with zero attached hydrogens (tertiary/aromatic N) is 1. The van der Waals surface area contributed by atoms with Crippen molar-refractivity contribution < 1.29 is 4.79 Å². The minimum atomic E-state index is -0.469. The maximum Gasteiger partial charge on any atom is 0.237 e. The number of hydrogen-bond acceptors (Lipinski definition) is 2. The molecule has 4 saturated carbocycles. The topological polar surface area (TPSA) is 52.9 Å². The predicted octanol–water partition coefficient (Wildman–Crippen LogP) is 3.79. The molecule has 0 radical (unpaired) electrons. The third kappa shape index (κ3) is 2.58. The zero-order valence-electron chi connectivity index (χ0n) is 13.7. The first-order valence-corrected chi connectivity index (χ1v) is 8.53. The summed E-state index contributed by atoms with van der Waals surface area (Å²) in [7, 11) is 0. The monoisotopic (exact) mass is 288 g/mol. The van der Waals surface area contributed by atoms with Crippen LogP contribution < -0.4 is 5.32 Å². The number of rotatable bonds is 4. The Labute approximate surface area is 128 Å². The number of hydrogen-bond donors (Lipinski definition) is 1. The summed E-state index contributed by atoms with van der Waals surface area (Å²) in [6, 6.07) is 2.19. The lowest BCUT2D eigenvalue weighted by atomic mass is 9.42. The van der Waals surface area contributed by atoms with Crippen LogP contribution in [0.5, 0.6) is 0 Å². The molecule has 3 atom stereocenters. The van der Waals surface area contributed by atoms with Gasteiger partial charge in [-0.25, -0.2) is 0 Å². The fourth-order valence-corrected chi connectivity index (χ4v) is 6.48. The van der Waals surface area contributed by atoms with Crippen LogP contribution in [0.1, 0.15) is 72.1 Å². The zero-order valence-corrected chi connectivity index (χ0v) is 13.7. The van der Waals surface area contributed by atoms with Crippen molar-refractivity contribution in [2.45, 2.75) is 77.7 Å². The van der Waals surface area contributed by atoms with Crippen molar-refractivity contribution in [3.8, 4) is 6.07 Å². The van der Waals surface area contributed by atoms with Crippen molar-refractivity contribution in [2.75, 3.05) is 0 Å². The van der Waals surface area contributed by atoms with Crippen LogP contribution in [0.25, 0.3) is 0 Å². The standard InChI is InChI=1S/C18H28N2O/c1-4-5-14(9-19)15(21)20-18-8-13-6-16(2,11-18)10-17(3,7-13)12-18/h13-14H,4-8,10-12H2,1-3H3,(H,20,21). The summed E-state index contributed by atoms with van der Waals surface area (Å²) in [5.41, 5.74) is 0.769. The van der Waals surface area contributed by atoms with Crippen LogP contribution in [0.4, 0.5) is 0 Å². The second kappa shape index (κ2) is 4.73. The molecule has 0 saturated heterocycles. The minimum absolute atomic E-state index is 0.0199. The van der Waals surface area contributed by atoms with Crippen molar-refractivity contribution in [3.05, 3.63) is 0 Å². The Balaban J connectivity index is 1.79. The Hall–Kier alpha value is -1.04. The number of carbonyl (C=O) groups excluding carboxylic acids is 1. The first-order chi connectivity index (χ1) is 9.81. The van der Waals surface area contributed by atoms with E-state index in [0.29, 0.717) is 17.3 Å². The van der Waals surface area contributed by atoms with Crippen LogP contribution in [-0.2, 0) is 4.79 Å². The van der Waals surface area contributed by atoms with Crippen molar-refractivity contribution in [1.29, 1.82) is 5.26 Å². The van der Waals surface area contributed by atoms with Gasteiger partial charge < -0.3 is 5.32 Å². The Kier molecular flexibility index (Phi) is 3.35. The van der Waals surface area contributed by atoms with Crippen molar-refractivity contribution in [3.63, 3.8) is 0 Å². The lowest BCUT2D eigenvalue weighted by molar-refractivity contribution is -0.141. The number of amides is 1. The minimum Gasteiger partial charge on any atom is -0.349 e. The molecule has 0 aromatic rings. The van der Waals surface area contributed by atoms with Gasteiger partial charge in [-0.2, -0.15) is 5.26 Å². The molecule has 4 rings (SSSR count). The first kappa shape index (κ1) is 14.9. The number of nitriles is 1. The van der Waals surface area contributed by atoms with Gasteiger partial charge in [-0.3, -0.25) is 4.79 Å². The molecule has 3 heteroatoms. The molecular formula is C18H28N2O. The van der Waals surface area contributed by atoms with Gasteiger partial charge in [0.05, 0.1) is 6.07 Å². The SMILES string of the molecule is CCCC(C#N)C(=O)NC12CC3CC(C)(CC(C)(C3)C1)C2. The Bertz CT molecular complexity index is 474. The zero-order chi connectivity index (χ0) is 15.3. The van der Waals surface area contributed by atoms with Gasteiger partial charge in [-0.05, 0) is 61.7 Å². The molecule has 4 bridgehead atoms. The van der Waals surface area contributed by atoms with E-state index in [2.05, 4.69) is 25.2 Å². The largest absolute Gasteiger partial charge is 0.349 e. The van der Waals surface area contributed by atoms with Gasteiger partial charge in [0.25, 0.3) is 0 Å². The van der Waals surface area contributed by atoms with E-state index >= 15 is 0 Å². The van der Waals surface area contributed by atoms with Crippen LogP contribution in [0.3, 0.4) is 0 Å². The van der Waals surface area contributed by atoms with Gasteiger partial charge in [-0.15, -0.1) is 0 Å². The highest BCUT2D eigenvalue weighted by Gasteiger charge is 2.60. The van der Waals surface area contributed by atoms with E-state index in [4.69, 9.17) is 0 Å². The Morgan fingerprint density at radius 2 is 1.86 bits per heavy atom. The molecule has 4 aliphatic carbocycles. The quantitative estimate of drug-likeness (QED) is 0.855. The lowest BCUT2D eigenvalue weighted by Gasteiger charge is -2.65. The molecular weight excluding hydrogens is 260 g/mol. The third-order valence-corrected chi connectivity index (χ3v) is 6.06. The van der Waals surface area contributed by atoms with Crippen LogP contribution in [-0.4, -0.2) is 11.4 Å². The Morgan fingerprint density at radius 1 is 1.24 bits per heavy atom. The highest BCUT2D eigenvalue weighted by molar-refractivity contribution is 5.81. The van der Waals surface area contributed by atoms with Crippen molar-refractivity contribution in [1.82, 2.24) is 5.32 Å². The summed E-state index contributed by atoms with van der Waals surface area (Å²) in [6.45, 7) is 6.85. The molecule has 116 valence electrons. The molecule has 1 amide bonds. The molecule has 3 unspecified atom stereocenters. The molecule has 0 aromatic heterocycles. The fourth-order valence-electron chi connectivity index (χ4n) is 6.48.